The molecule has 0 aromatic heterocycles. The molecule has 0 fully saturated rings. The van der Waals surface area contributed by atoms with E-state index in [2.05, 4.69) is 4.74 Å². The van der Waals surface area contributed by atoms with Gasteiger partial charge in [0.05, 0.1) is 25.8 Å². The first kappa shape index (κ1) is 14.0. The number of carbonyl (C=O) groups is 2. The van der Waals surface area contributed by atoms with Crippen LogP contribution in [0.1, 0.15) is 28.9 Å². The fourth-order valence-electron chi connectivity index (χ4n) is 1.67. The largest absolute Gasteiger partial charge is 0.465 e. The molecule has 1 aromatic carbocycles. The van der Waals surface area contributed by atoms with Crippen LogP contribution in [0.3, 0.4) is 0 Å². The van der Waals surface area contributed by atoms with Crippen molar-refractivity contribution in [3.8, 4) is 0 Å². The second-order valence-corrected chi connectivity index (χ2v) is 3.84. The van der Waals surface area contributed by atoms with Gasteiger partial charge in [-0.15, -0.1) is 0 Å². The third-order valence-corrected chi connectivity index (χ3v) is 2.86. The van der Waals surface area contributed by atoms with Crippen molar-refractivity contribution in [1.82, 2.24) is 4.90 Å². The fourth-order valence-corrected chi connectivity index (χ4v) is 1.67. The molecule has 1 amide bonds. The highest BCUT2D eigenvalue weighted by Gasteiger charge is 2.22. The van der Waals surface area contributed by atoms with Gasteiger partial charge in [-0.2, -0.15) is 0 Å². The molecule has 0 bridgehead atoms. The van der Waals surface area contributed by atoms with Crippen molar-refractivity contribution in [3.05, 3.63) is 35.4 Å². The lowest BCUT2D eigenvalue weighted by molar-refractivity contribution is 0.0595. The first-order valence-corrected chi connectivity index (χ1v) is 5.51. The SMILES string of the molecule is COC(=O)c1ccccc1C(C)N(C)C(=O)OC. The summed E-state index contributed by atoms with van der Waals surface area (Å²) < 4.78 is 9.37. The lowest BCUT2D eigenvalue weighted by atomic mass is 10.0. The molecule has 0 aliphatic rings. The van der Waals surface area contributed by atoms with E-state index in [0.29, 0.717) is 5.56 Å². The molecule has 1 unspecified atom stereocenters. The predicted molar refractivity (Wildman–Crippen MR) is 66.4 cm³/mol. The summed E-state index contributed by atoms with van der Waals surface area (Å²) >= 11 is 0. The van der Waals surface area contributed by atoms with Gasteiger partial charge < -0.3 is 14.4 Å². The van der Waals surface area contributed by atoms with Gasteiger partial charge in [-0.3, -0.25) is 0 Å². The molecule has 0 saturated heterocycles. The summed E-state index contributed by atoms with van der Waals surface area (Å²) in [6, 6.07) is 6.73. The van der Waals surface area contributed by atoms with Gasteiger partial charge in [0, 0.05) is 7.05 Å². The van der Waals surface area contributed by atoms with Gasteiger partial charge in [0.2, 0.25) is 0 Å². The summed E-state index contributed by atoms with van der Waals surface area (Å²) in [6.45, 7) is 1.82. The number of nitrogens with zero attached hydrogens (tertiary/aromatic N) is 1. The van der Waals surface area contributed by atoms with Crippen LogP contribution in [-0.4, -0.2) is 38.2 Å². The van der Waals surface area contributed by atoms with Crippen molar-refractivity contribution in [1.29, 1.82) is 0 Å². The lowest BCUT2D eigenvalue weighted by Gasteiger charge is -2.25. The number of esters is 1. The van der Waals surface area contributed by atoms with Crippen molar-refractivity contribution in [2.75, 3.05) is 21.3 Å². The van der Waals surface area contributed by atoms with Crippen LogP contribution in [-0.2, 0) is 9.47 Å². The Bertz CT molecular complexity index is 444. The van der Waals surface area contributed by atoms with Crippen LogP contribution < -0.4 is 0 Å². The maximum absolute atomic E-state index is 11.6. The Kier molecular flexibility index (Phi) is 4.71. The monoisotopic (exact) mass is 251 g/mol. The molecular weight excluding hydrogens is 234 g/mol. The normalized spacial score (nSPS) is 11.6. The Hall–Kier alpha value is -2.04. The number of carbonyl (C=O) groups excluding carboxylic acids is 2. The minimum atomic E-state index is -0.456. The minimum Gasteiger partial charge on any atom is -0.465 e. The Labute approximate surface area is 106 Å². The first-order valence-electron chi connectivity index (χ1n) is 5.51. The average Bonchev–Trinajstić information content (AvgIpc) is 2.43. The molecule has 1 atom stereocenters. The van der Waals surface area contributed by atoms with E-state index < -0.39 is 12.1 Å². The standard InChI is InChI=1S/C13H17NO4/c1-9(14(2)13(16)18-4)10-7-5-6-8-11(10)12(15)17-3/h5-9H,1-4H3. The zero-order valence-corrected chi connectivity index (χ0v) is 11.0. The molecule has 5 heteroatoms. The summed E-state index contributed by atoms with van der Waals surface area (Å²) in [5.41, 5.74) is 1.17. The van der Waals surface area contributed by atoms with Crippen LogP contribution in [0.2, 0.25) is 0 Å². The van der Waals surface area contributed by atoms with Crippen molar-refractivity contribution < 1.29 is 19.1 Å². The highest BCUT2D eigenvalue weighted by molar-refractivity contribution is 5.91. The number of benzene rings is 1. The lowest BCUT2D eigenvalue weighted by Crippen LogP contribution is -2.30. The summed E-state index contributed by atoms with van der Waals surface area (Å²) in [6.07, 6.45) is -0.456. The molecule has 5 nitrogen and oxygen atoms in total. The number of hydrogen-bond acceptors (Lipinski definition) is 4. The maximum atomic E-state index is 11.6. The van der Waals surface area contributed by atoms with Gasteiger partial charge in [0.1, 0.15) is 0 Å². The first-order chi connectivity index (χ1) is 8.52. The third-order valence-electron chi connectivity index (χ3n) is 2.86. The number of amides is 1. The van der Waals surface area contributed by atoms with Gasteiger partial charge in [-0.05, 0) is 18.6 Å². The second-order valence-electron chi connectivity index (χ2n) is 3.84. The van der Waals surface area contributed by atoms with E-state index in [-0.39, 0.29) is 6.04 Å². The number of hydrogen-bond donors (Lipinski definition) is 0. The number of methoxy groups -OCH3 is 2. The highest BCUT2D eigenvalue weighted by Crippen LogP contribution is 2.23. The van der Waals surface area contributed by atoms with Gasteiger partial charge >= 0.3 is 12.1 Å². The fraction of sp³-hybridized carbons (Fsp3) is 0.385. The van der Waals surface area contributed by atoms with Crippen molar-refractivity contribution in [2.45, 2.75) is 13.0 Å². The van der Waals surface area contributed by atoms with Crippen LogP contribution in [0, 0.1) is 0 Å². The van der Waals surface area contributed by atoms with Gasteiger partial charge in [0.25, 0.3) is 0 Å². The quantitative estimate of drug-likeness (QED) is 0.773. The van der Waals surface area contributed by atoms with Crippen molar-refractivity contribution >= 4 is 12.1 Å². The Balaban J connectivity index is 3.09. The predicted octanol–water partition coefficient (Wildman–Crippen LogP) is 2.23. The molecule has 18 heavy (non-hydrogen) atoms. The molecule has 0 N–H and O–H groups in total. The smallest absolute Gasteiger partial charge is 0.409 e. The van der Waals surface area contributed by atoms with E-state index >= 15 is 0 Å². The van der Waals surface area contributed by atoms with E-state index in [0.717, 1.165) is 5.56 Å². The molecule has 0 spiro atoms. The van der Waals surface area contributed by atoms with E-state index in [1.807, 2.05) is 13.0 Å². The Morgan fingerprint density at radius 2 is 1.78 bits per heavy atom. The molecule has 98 valence electrons. The van der Waals surface area contributed by atoms with Gasteiger partial charge in [0.15, 0.2) is 0 Å². The number of rotatable bonds is 3. The molecule has 0 radical (unpaired) electrons. The molecular formula is C13H17NO4. The molecule has 0 aliphatic carbocycles. The summed E-state index contributed by atoms with van der Waals surface area (Å²) in [5, 5.41) is 0. The van der Waals surface area contributed by atoms with Crippen LogP contribution in [0.25, 0.3) is 0 Å². The highest BCUT2D eigenvalue weighted by atomic mass is 16.5. The zero-order valence-electron chi connectivity index (χ0n) is 11.0. The third kappa shape index (κ3) is 2.80. The zero-order chi connectivity index (χ0) is 13.7. The van der Waals surface area contributed by atoms with Crippen LogP contribution in [0.5, 0.6) is 0 Å². The molecule has 0 saturated carbocycles. The van der Waals surface area contributed by atoms with Crippen molar-refractivity contribution in [2.24, 2.45) is 0 Å². The summed E-state index contributed by atoms with van der Waals surface area (Å²) in [4.78, 5) is 24.5. The molecule has 1 aromatic rings. The van der Waals surface area contributed by atoms with Gasteiger partial charge in [-0.25, -0.2) is 9.59 Å². The van der Waals surface area contributed by atoms with Crippen LogP contribution in [0.15, 0.2) is 24.3 Å². The second kappa shape index (κ2) is 6.05. The Morgan fingerprint density at radius 1 is 1.17 bits per heavy atom. The summed E-state index contributed by atoms with van der Waals surface area (Å²) in [5.74, 6) is -0.421. The van der Waals surface area contributed by atoms with E-state index in [1.54, 1.807) is 25.2 Å². The van der Waals surface area contributed by atoms with E-state index in [9.17, 15) is 9.59 Å². The van der Waals surface area contributed by atoms with Crippen LogP contribution >= 0.6 is 0 Å². The van der Waals surface area contributed by atoms with Crippen molar-refractivity contribution in [3.63, 3.8) is 0 Å². The average molecular weight is 251 g/mol. The number of ether oxygens (including phenoxy) is 2. The molecule has 0 aliphatic heterocycles. The topological polar surface area (TPSA) is 55.8 Å². The Morgan fingerprint density at radius 3 is 2.33 bits per heavy atom. The van der Waals surface area contributed by atoms with Crippen LogP contribution in [0.4, 0.5) is 4.79 Å². The van der Waals surface area contributed by atoms with E-state index in [4.69, 9.17) is 4.74 Å². The van der Waals surface area contributed by atoms with Gasteiger partial charge in [-0.1, -0.05) is 18.2 Å². The molecule has 1 rings (SSSR count). The minimum absolute atomic E-state index is 0.284. The van der Waals surface area contributed by atoms with E-state index in [1.165, 1.54) is 19.1 Å². The molecule has 0 heterocycles. The summed E-state index contributed by atoms with van der Waals surface area (Å²) in [7, 11) is 4.26. The maximum Gasteiger partial charge on any atom is 0.409 e.